The molecule has 0 atom stereocenters. The Bertz CT molecular complexity index is 854. The molecule has 0 aromatic heterocycles. The van der Waals surface area contributed by atoms with Gasteiger partial charge in [-0.25, -0.2) is 9.18 Å². The molecule has 24 heavy (non-hydrogen) atoms. The number of carboxylic acid groups (broad SMARTS) is 1. The summed E-state index contributed by atoms with van der Waals surface area (Å²) in [5.41, 5.74) is -1.59. The van der Waals surface area contributed by atoms with E-state index in [1.165, 1.54) is 13.0 Å². The lowest BCUT2D eigenvalue weighted by atomic mass is 10.0. The van der Waals surface area contributed by atoms with Crippen LogP contribution in [0.1, 0.15) is 27.0 Å². The van der Waals surface area contributed by atoms with Gasteiger partial charge in [0.2, 0.25) is 0 Å². The quantitative estimate of drug-likeness (QED) is 0.810. The van der Waals surface area contributed by atoms with Crippen molar-refractivity contribution in [2.45, 2.75) is 13.1 Å². The summed E-state index contributed by atoms with van der Waals surface area (Å²) >= 11 is 0. The van der Waals surface area contributed by atoms with Crippen molar-refractivity contribution in [3.05, 3.63) is 58.4 Å². The molecular formula is C16H10F4N2O2. The van der Waals surface area contributed by atoms with Crippen molar-refractivity contribution in [2.75, 3.05) is 5.32 Å². The predicted molar refractivity (Wildman–Crippen MR) is 77.5 cm³/mol. The van der Waals surface area contributed by atoms with Crippen molar-refractivity contribution in [3.63, 3.8) is 0 Å². The van der Waals surface area contributed by atoms with Crippen molar-refractivity contribution < 1.29 is 27.5 Å². The average Bonchev–Trinajstić information content (AvgIpc) is 2.49. The van der Waals surface area contributed by atoms with Gasteiger partial charge in [0.15, 0.2) is 0 Å². The SMILES string of the molecule is Cc1c(Nc2ccc(C(F)(F)F)cc2C(=O)O)ccc(F)c1C#N. The average molecular weight is 338 g/mol. The molecule has 0 unspecified atom stereocenters. The van der Waals surface area contributed by atoms with Gasteiger partial charge in [-0.1, -0.05) is 0 Å². The summed E-state index contributed by atoms with van der Waals surface area (Å²) in [5, 5.41) is 20.7. The molecule has 0 bridgehead atoms. The highest BCUT2D eigenvalue weighted by molar-refractivity contribution is 5.95. The first-order valence-electron chi connectivity index (χ1n) is 6.56. The van der Waals surface area contributed by atoms with Crippen LogP contribution in [0, 0.1) is 24.1 Å². The van der Waals surface area contributed by atoms with Crippen LogP contribution in [-0.2, 0) is 6.18 Å². The Morgan fingerprint density at radius 1 is 1.21 bits per heavy atom. The first kappa shape index (κ1) is 17.3. The van der Waals surface area contributed by atoms with Crippen LogP contribution in [-0.4, -0.2) is 11.1 Å². The fraction of sp³-hybridized carbons (Fsp3) is 0.125. The first-order chi connectivity index (χ1) is 11.1. The lowest BCUT2D eigenvalue weighted by Crippen LogP contribution is -2.10. The third-order valence-electron chi connectivity index (χ3n) is 3.37. The number of nitriles is 1. The van der Waals surface area contributed by atoms with Gasteiger partial charge in [0, 0.05) is 5.69 Å². The molecule has 0 fully saturated rings. The third-order valence-corrected chi connectivity index (χ3v) is 3.37. The Morgan fingerprint density at radius 3 is 2.38 bits per heavy atom. The summed E-state index contributed by atoms with van der Waals surface area (Å²) in [6.07, 6.45) is -4.68. The Hall–Kier alpha value is -3.08. The van der Waals surface area contributed by atoms with Crippen LogP contribution in [0.15, 0.2) is 30.3 Å². The Morgan fingerprint density at radius 2 is 1.83 bits per heavy atom. The van der Waals surface area contributed by atoms with E-state index in [1.807, 2.05) is 0 Å². The molecule has 2 rings (SSSR count). The van der Waals surface area contributed by atoms with E-state index in [9.17, 15) is 22.4 Å². The molecule has 0 spiro atoms. The molecule has 0 amide bonds. The van der Waals surface area contributed by atoms with Crippen LogP contribution >= 0.6 is 0 Å². The standard InChI is InChI=1S/C16H10F4N2O2/c1-8-11(7-21)12(17)3-5-13(8)22-14-4-2-9(16(18,19)20)6-10(14)15(23)24/h2-6,22H,1H3,(H,23,24). The number of hydrogen-bond donors (Lipinski definition) is 2. The Balaban J connectivity index is 2.52. The minimum atomic E-state index is -4.68. The second-order valence-corrected chi connectivity index (χ2v) is 4.90. The molecule has 4 nitrogen and oxygen atoms in total. The van der Waals surface area contributed by atoms with Crippen molar-refractivity contribution in [1.82, 2.24) is 0 Å². The highest BCUT2D eigenvalue weighted by Crippen LogP contribution is 2.33. The molecule has 0 heterocycles. The molecule has 0 saturated carbocycles. The molecule has 8 heteroatoms. The number of alkyl halides is 3. The van der Waals surface area contributed by atoms with E-state index in [1.54, 1.807) is 6.07 Å². The van der Waals surface area contributed by atoms with Gasteiger partial charge in [0.1, 0.15) is 11.9 Å². The minimum absolute atomic E-state index is 0.103. The monoisotopic (exact) mass is 338 g/mol. The van der Waals surface area contributed by atoms with Gasteiger partial charge in [-0.15, -0.1) is 0 Å². The van der Waals surface area contributed by atoms with E-state index in [0.29, 0.717) is 6.07 Å². The maximum atomic E-state index is 13.5. The zero-order valence-electron chi connectivity index (χ0n) is 12.2. The van der Waals surface area contributed by atoms with Gasteiger partial charge in [-0.2, -0.15) is 18.4 Å². The van der Waals surface area contributed by atoms with Gasteiger partial charge >= 0.3 is 12.1 Å². The number of nitrogens with zero attached hydrogens (tertiary/aromatic N) is 1. The van der Waals surface area contributed by atoms with Crippen LogP contribution in [0.3, 0.4) is 0 Å². The number of halogens is 4. The van der Waals surface area contributed by atoms with Crippen LogP contribution in [0.5, 0.6) is 0 Å². The van der Waals surface area contributed by atoms with Crippen LogP contribution in [0.25, 0.3) is 0 Å². The maximum Gasteiger partial charge on any atom is 0.416 e. The lowest BCUT2D eigenvalue weighted by Gasteiger charge is -2.15. The summed E-state index contributed by atoms with van der Waals surface area (Å²) in [5.74, 6) is -2.30. The number of benzene rings is 2. The minimum Gasteiger partial charge on any atom is -0.478 e. The molecule has 0 radical (unpaired) electrons. The normalized spacial score (nSPS) is 11.0. The second kappa shape index (κ2) is 6.20. The Kier molecular flexibility index (Phi) is 4.46. The predicted octanol–water partition coefficient (Wildman–Crippen LogP) is 4.47. The molecule has 124 valence electrons. The molecule has 0 aliphatic heterocycles. The van der Waals surface area contributed by atoms with Gasteiger partial charge in [0.25, 0.3) is 0 Å². The smallest absolute Gasteiger partial charge is 0.416 e. The van der Waals surface area contributed by atoms with Crippen molar-refractivity contribution in [3.8, 4) is 6.07 Å². The highest BCUT2D eigenvalue weighted by atomic mass is 19.4. The van der Waals surface area contributed by atoms with Gasteiger partial charge in [0.05, 0.1) is 22.4 Å². The van der Waals surface area contributed by atoms with E-state index < -0.39 is 29.1 Å². The van der Waals surface area contributed by atoms with Gasteiger partial charge < -0.3 is 10.4 Å². The number of carboxylic acids is 1. The lowest BCUT2D eigenvalue weighted by molar-refractivity contribution is -0.137. The zero-order valence-corrected chi connectivity index (χ0v) is 12.2. The summed E-state index contributed by atoms with van der Waals surface area (Å²) in [4.78, 5) is 11.2. The van der Waals surface area contributed by atoms with E-state index >= 15 is 0 Å². The molecule has 0 saturated heterocycles. The number of carbonyl (C=O) groups is 1. The van der Waals surface area contributed by atoms with Crippen LogP contribution in [0.4, 0.5) is 28.9 Å². The first-order valence-corrected chi connectivity index (χ1v) is 6.56. The Labute approximate surface area is 134 Å². The molecule has 2 aromatic carbocycles. The fourth-order valence-electron chi connectivity index (χ4n) is 2.10. The van der Waals surface area contributed by atoms with Crippen LogP contribution in [0.2, 0.25) is 0 Å². The topological polar surface area (TPSA) is 73.1 Å². The summed E-state index contributed by atoms with van der Waals surface area (Å²) < 4.78 is 51.6. The third kappa shape index (κ3) is 3.30. The van der Waals surface area contributed by atoms with E-state index in [4.69, 9.17) is 10.4 Å². The summed E-state index contributed by atoms with van der Waals surface area (Å²) in [6.45, 7) is 1.44. The fourth-order valence-corrected chi connectivity index (χ4v) is 2.10. The molecule has 2 N–H and O–H groups in total. The van der Waals surface area contributed by atoms with E-state index in [0.717, 1.165) is 18.2 Å². The van der Waals surface area contributed by atoms with Crippen LogP contribution < -0.4 is 5.32 Å². The number of anilines is 2. The molecule has 2 aromatic rings. The van der Waals surface area contributed by atoms with Gasteiger partial charge in [-0.05, 0) is 42.8 Å². The van der Waals surface area contributed by atoms with E-state index in [-0.39, 0.29) is 22.5 Å². The second-order valence-electron chi connectivity index (χ2n) is 4.90. The zero-order chi connectivity index (χ0) is 18.1. The van der Waals surface area contributed by atoms with Crippen molar-refractivity contribution in [2.24, 2.45) is 0 Å². The van der Waals surface area contributed by atoms with E-state index in [2.05, 4.69) is 5.32 Å². The highest BCUT2D eigenvalue weighted by Gasteiger charge is 2.31. The van der Waals surface area contributed by atoms with Crippen molar-refractivity contribution >= 4 is 17.3 Å². The number of hydrogen-bond acceptors (Lipinski definition) is 3. The summed E-state index contributed by atoms with van der Waals surface area (Å²) in [6, 6.07) is 6.18. The van der Waals surface area contributed by atoms with Crippen molar-refractivity contribution in [1.29, 1.82) is 5.26 Å². The summed E-state index contributed by atoms with van der Waals surface area (Å²) in [7, 11) is 0. The number of nitrogens with one attached hydrogen (secondary N) is 1. The maximum absolute atomic E-state index is 13.5. The number of rotatable bonds is 3. The van der Waals surface area contributed by atoms with Gasteiger partial charge in [-0.3, -0.25) is 0 Å². The largest absolute Gasteiger partial charge is 0.478 e. The molecule has 0 aliphatic carbocycles. The molecule has 0 aliphatic rings. The molecular weight excluding hydrogens is 328 g/mol. The number of aromatic carboxylic acids is 1.